The molecule has 0 aliphatic rings. The predicted octanol–water partition coefficient (Wildman–Crippen LogP) is 3.48. The van der Waals surface area contributed by atoms with E-state index >= 15 is 0 Å². The zero-order chi connectivity index (χ0) is 12.4. The Morgan fingerprint density at radius 3 is 2.82 bits per heavy atom. The van der Waals surface area contributed by atoms with Gasteiger partial charge in [0.05, 0.1) is 5.69 Å². The van der Waals surface area contributed by atoms with Crippen LogP contribution in [0.2, 0.25) is 0 Å². The third-order valence-corrected chi connectivity index (χ3v) is 2.72. The number of nitrogens with one attached hydrogen (secondary N) is 2. The minimum Gasteiger partial charge on any atom is -0.356 e. The number of aromatic nitrogens is 1. The van der Waals surface area contributed by atoms with Gasteiger partial charge < -0.3 is 10.3 Å². The molecule has 1 heterocycles. The van der Waals surface area contributed by atoms with Crippen LogP contribution in [0.25, 0.3) is 0 Å². The second-order valence-corrected chi connectivity index (χ2v) is 4.58. The highest BCUT2D eigenvalue weighted by atomic mass is 79.9. The third kappa shape index (κ3) is 2.74. The molecule has 0 saturated heterocycles. The van der Waals surface area contributed by atoms with Crippen molar-refractivity contribution in [3.8, 4) is 0 Å². The zero-order valence-electron chi connectivity index (χ0n) is 9.05. The second-order valence-electron chi connectivity index (χ2n) is 3.67. The van der Waals surface area contributed by atoms with E-state index in [9.17, 15) is 9.18 Å². The molecular weight excluding hydrogens is 287 g/mol. The van der Waals surface area contributed by atoms with Crippen LogP contribution in [-0.2, 0) is 0 Å². The number of benzene rings is 1. The highest BCUT2D eigenvalue weighted by molar-refractivity contribution is 9.10. The van der Waals surface area contributed by atoms with E-state index in [1.165, 1.54) is 6.07 Å². The van der Waals surface area contributed by atoms with Crippen LogP contribution in [0.4, 0.5) is 10.1 Å². The molecule has 3 nitrogen and oxygen atoms in total. The topological polar surface area (TPSA) is 44.9 Å². The van der Waals surface area contributed by atoms with Gasteiger partial charge >= 0.3 is 0 Å². The van der Waals surface area contributed by atoms with E-state index in [0.29, 0.717) is 5.69 Å². The number of anilines is 1. The molecule has 0 aliphatic heterocycles. The molecule has 1 aromatic heterocycles. The van der Waals surface area contributed by atoms with Crippen molar-refractivity contribution in [1.29, 1.82) is 0 Å². The van der Waals surface area contributed by atoms with Crippen molar-refractivity contribution in [2.45, 2.75) is 6.92 Å². The van der Waals surface area contributed by atoms with Crippen molar-refractivity contribution in [1.82, 2.24) is 4.98 Å². The zero-order valence-corrected chi connectivity index (χ0v) is 10.6. The number of halogens is 2. The second kappa shape index (κ2) is 4.71. The molecule has 1 amide bonds. The minimum atomic E-state index is -0.449. The molecule has 0 spiro atoms. The first-order valence-corrected chi connectivity index (χ1v) is 5.77. The number of H-pyrrole nitrogens is 1. The largest absolute Gasteiger partial charge is 0.356 e. The summed E-state index contributed by atoms with van der Waals surface area (Å²) in [6.07, 6.45) is 1.64. The molecule has 5 heteroatoms. The monoisotopic (exact) mass is 296 g/mol. The van der Waals surface area contributed by atoms with Crippen LogP contribution < -0.4 is 5.32 Å². The van der Waals surface area contributed by atoms with Crippen LogP contribution in [0.5, 0.6) is 0 Å². The molecule has 1 aromatic carbocycles. The molecule has 17 heavy (non-hydrogen) atoms. The Morgan fingerprint density at radius 1 is 1.41 bits per heavy atom. The third-order valence-electron chi connectivity index (χ3n) is 2.26. The highest BCUT2D eigenvalue weighted by Gasteiger charge is 2.10. The molecule has 0 bridgehead atoms. The fourth-order valence-electron chi connectivity index (χ4n) is 1.42. The van der Waals surface area contributed by atoms with E-state index in [4.69, 9.17) is 0 Å². The number of carbonyl (C=O) groups is 1. The van der Waals surface area contributed by atoms with Crippen molar-refractivity contribution in [3.63, 3.8) is 0 Å². The maximum atomic E-state index is 13.4. The van der Waals surface area contributed by atoms with Gasteiger partial charge in [0.1, 0.15) is 11.5 Å². The first kappa shape index (κ1) is 11.9. The van der Waals surface area contributed by atoms with Gasteiger partial charge in [0, 0.05) is 10.7 Å². The van der Waals surface area contributed by atoms with Gasteiger partial charge in [-0.25, -0.2) is 4.39 Å². The van der Waals surface area contributed by atoms with Gasteiger partial charge in [0.2, 0.25) is 0 Å². The van der Waals surface area contributed by atoms with Crippen molar-refractivity contribution in [2.24, 2.45) is 0 Å². The van der Waals surface area contributed by atoms with Gasteiger partial charge in [-0.05, 0) is 46.6 Å². The van der Waals surface area contributed by atoms with Gasteiger partial charge in [0.15, 0.2) is 0 Å². The molecule has 2 N–H and O–H groups in total. The predicted molar refractivity (Wildman–Crippen MR) is 67.6 cm³/mol. The van der Waals surface area contributed by atoms with Gasteiger partial charge in [-0.1, -0.05) is 6.07 Å². The number of aryl methyl sites for hydroxylation is 1. The van der Waals surface area contributed by atoms with Crippen LogP contribution in [-0.4, -0.2) is 10.9 Å². The number of hydrogen-bond donors (Lipinski definition) is 2. The molecular formula is C12H10BrFN2O. The summed E-state index contributed by atoms with van der Waals surface area (Å²) in [6.45, 7) is 1.83. The van der Waals surface area contributed by atoms with E-state index in [1.54, 1.807) is 24.4 Å². The maximum absolute atomic E-state index is 13.4. The van der Waals surface area contributed by atoms with Crippen molar-refractivity contribution >= 4 is 27.5 Å². The quantitative estimate of drug-likeness (QED) is 0.876. The number of amides is 1. The van der Waals surface area contributed by atoms with Gasteiger partial charge in [-0.2, -0.15) is 0 Å². The van der Waals surface area contributed by atoms with E-state index < -0.39 is 5.82 Å². The number of rotatable bonds is 2. The average molecular weight is 297 g/mol. The van der Waals surface area contributed by atoms with Crippen molar-refractivity contribution in [2.75, 3.05) is 5.32 Å². The summed E-state index contributed by atoms with van der Waals surface area (Å²) in [4.78, 5) is 14.5. The molecule has 88 valence electrons. The number of aromatic amines is 1. The summed E-state index contributed by atoms with van der Waals surface area (Å²) in [5, 5.41) is 2.51. The van der Waals surface area contributed by atoms with Crippen LogP contribution in [0.1, 0.15) is 16.1 Å². The Bertz CT molecular complexity index is 565. The Morgan fingerprint density at radius 2 is 2.18 bits per heavy atom. The SMILES string of the molecule is Cc1ccc(F)c(NC(=O)c2cc(Br)c[nH]2)c1. The summed E-state index contributed by atoms with van der Waals surface area (Å²) in [5.74, 6) is -0.824. The lowest BCUT2D eigenvalue weighted by Gasteiger charge is -2.05. The number of carbonyl (C=O) groups excluding carboxylic acids is 1. The maximum Gasteiger partial charge on any atom is 0.272 e. The fourth-order valence-corrected chi connectivity index (χ4v) is 1.77. The molecule has 2 aromatic rings. The summed E-state index contributed by atoms with van der Waals surface area (Å²) in [6, 6.07) is 6.19. The summed E-state index contributed by atoms with van der Waals surface area (Å²) in [7, 11) is 0. The standard InChI is InChI=1S/C12H10BrFN2O/c1-7-2-3-9(14)10(4-7)16-12(17)11-5-8(13)6-15-11/h2-6,15H,1H3,(H,16,17). The highest BCUT2D eigenvalue weighted by Crippen LogP contribution is 2.17. The molecule has 0 atom stereocenters. The van der Waals surface area contributed by atoms with E-state index in [1.807, 2.05) is 6.92 Å². The lowest BCUT2D eigenvalue weighted by atomic mass is 10.2. The van der Waals surface area contributed by atoms with Gasteiger partial charge in [-0.3, -0.25) is 4.79 Å². The van der Waals surface area contributed by atoms with Crippen molar-refractivity contribution < 1.29 is 9.18 Å². The Balaban J connectivity index is 2.21. The molecule has 0 radical (unpaired) electrons. The average Bonchev–Trinajstić information content (AvgIpc) is 2.70. The van der Waals surface area contributed by atoms with Crippen LogP contribution in [0.15, 0.2) is 34.9 Å². The van der Waals surface area contributed by atoms with Crippen LogP contribution in [0.3, 0.4) is 0 Å². The van der Waals surface area contributed by atoms with Crippen LogP contribution >= 0.6 is 15.9 Å². The van der Waals surface area contributed by atoms with Crippen molar-refractivity contribution in [3.05, 3.63) is 52.0 Å². The lowest BCUT2D eigenvalue weighted by Crippen LogP contribution is -2.13. The van der Waals surface area contributed by atoms with Gasteiger partial charge in [-0.15, -0.1) is 0 Å². The molecule has 0 aliphatic carbocycles. The summed E-state index contributed by atoms with van der Waals surface area (Å²) in [5.41, 5.74) is 1.44. The Labute approximate surface area is 106 Å². The fraction of sp³-hybridized carbons (Fsp3) is 0.0833. The normalized spacial score (nSPS) is 10.3. The smallest absolute Gasteiger partial charge is 0.272 e. The summed E-state index contributed by atoms with van der Waals surface area (Å²) >= 11 is 3.23. The molecule has 0 unspecified atom stereocenters. The Hall–Kier alpha value is -1.62. The lowest BCUT2D eigenvalue weighted by molar-refractivity contribution is 0.102. The first-order chi connectivity index (χ1) is 8.06. The molecule has 0 saturated carbocycles. The summed E-state index contributed by atoms with van der Waals surface area (Å²) < 4.78 is 14.2. The molecule has 0 fully saturated rings. The van der Waals surface area contributed by atoms with Gasteiger partial charge in [0.25, 0.3) is 5.91 Å². The van der Waals surface area contributed by atoms with E-state index in [2.05, 4.69) is 26.2 Å². The van der Waals surface area contributed by atoms with E-state index in [0.717, 1.165) is 10.0 Å². The number of hydrogen-bond acceptors (Lipinski definition) is 1. The minimum absolute atomic E-state index is 0.181. The molecule has 2 rings (SSSR count). The first-order valence-electron chi connectivity index (χ1n) is 4.97. The Kier molecular flexibility index (Phi) is 3.28. The van der Waals surface area contributed by atoms with E-state index in [-0.39, 0.29) is 11.6 Å². The van der Waals surface area contributed by atoms with Crippen LogP contribution in [0, 0.1) is 12.7 Å².